The summed E-state index contributed by atoms with van der Waals surface area (Å²) in [6, 6.07) is 16.4. The Morgan fingerprint density at radius 3 is 2.46 bits per heavy atom. The van der Waals surface area contributed by atoms with Gasteiger partial charge in [-0.3, -0.25) is 0 Å². The zero-order chi connectivity index (χ0) is 16.9. The zero-order valence-corrected chi connectivity index (χ0v) is 14.4. The Kier molecular flexibility index (Phi) is 4.79. The van der Waals surface area contributed by atoms with Crippen LogP contribution in [0.1, 0.15) is 19.4 Å². The molecule has 1 N–H and O–H groups in total. The number of nitrogens with one attached hydrogen (secondary N) is 1. The summed E-state index contributed by atoms with van der Waals surface area (Å²) in [6.07, 6.45) is 1.81. The first-order chi connectivity index (χ1) is 11.7. The van der Waals surface area contributed by atoms with Crippen LogP contribution in [0.5, 0.6) is 0 Å². The third-order valence-corrected chi connectivity index (χ3v) is 4.19. The maximum atomic E-state index is 4.53. The van der Waals surface area contributed by atoms with Crippen LogP contribution in [0, 0.1) is 0 Å². The lowest BCUT2D eigenvalue weighted by molar-refractivity contribution is 0.866. The second kappa shape index (κ2) is 7.17. The third-order valence-electron chi connectivity index (χ3n) is 4.19. The summed E-state index contributed by atoms with van der Waals surface area (Å²) < 4.78 is 2.00. The van der Waals surface area contributed by atoms with Gasteiger partial charge >= 0.3 is 0 Å². The molecule has 0 aliphatic carbocycles. The van der Waals surface area contributed by atoms with E-state index in [4.69, 9.17) is 0 Å². The van der Waals surface area contributed by atoms with Crippen molar-refractivity contribution in [2.45, 2.75) is 13.8 Å². The van der Waals surface area contributed by atoms with Crippen LogP contribution in [0.2, 0.25) is 0 Å². The van der Waals surface area contributed by atoms with E-state index >= 15 is 0 Å². The number of benzene rings is 2. The van der Waals surface area contributed by atoms with Gasteiger partial charge < -0.3 is 9.47 Å². The van der Waals surface area contributed by atoms with E-state index in [0.717, 1.165) is 35.6 Å². The van der Waals surface area contributed by atoms with E-state index < -0.39 is 0 Å². The molecule has 1 heterocycles. The van der Waals surface area contributed by atoms with E-state index in [0.29, 0.717) is 0 Å². The van der Waals surface area contributed by atoms with E-state index in [2.05, 4.69) is 58.5 Å². The van der Waals surface area contributed by atoms with Crippen LogP contribution in [0.25, 0.3) is 11.0 Å². The van der Waals surface area contributed by atoms with Gasteiger partial charge in [-0.1, -0.05) is 24.3 Å². The van der Waals surface area contributed by atoms with Gasteiger partial charge in [0.1, 0.15) is 0 Å². The van der Waals surface area contributed by atoms with E-state index in [9.17, 15) is 0 Å². The van der Waals surface area contributed by atoms with Crippen LogP contribution >= 0.6 is 0 Å². The molecule has 0 atom stereocenters. The Bertz CT molecular complexity index is 829. The summed E-state index contributed by atoms with van der Waals surface area (Å²) in [7, 11) is 1.98. The Morgan fingerprint density at radius 1 is 1.08 bits per heavy atom. The Balaban J connectivity index is 1.70. The highest BCUT2D eigenvalue weighted by molar-refractivity contribution is 5.82. The molecule has 0 radical (unpaired) electrons. The fourth-order valence-corrected chi connectivity index (χ4v) is 2.77. The number of aryl methyl sites for hydroxylation is 1. The van der Waals surface area contributed by atoms with E-state index in [-0.39, 0.29) is 0 Å². The van der Waals surface area contributed by atoms with E-state index in [1.807, 2.05) is 42.1 Å². The van der Waals surface area contributed by atoms with Crippen LogP contribution < -0.4 is 10.3 Å². The van der Waals surface area contributed by atoms with Crippen molar-refractivity contribution in [3.63, 3.8) is 0 Å². The Labute approximate surface area is 142 Å². The van der Waals surface area contributed by atoms with Crippen molar-refractivity contribution in [1.82, 2.24) is 9.55 Å². The van der Waals surface area contributed by atoms with E-state index in [1.165, 1.54) is 5.69 Å². The van der Waals surface area contributed by atoms with Gasteiger partial charge in [-0.15, -0.1) is 0 Å². The first kappa shape index (κ1) is 16.1. The van der Waals surface area contributed by atoms with Gasteiger partial charge in [-0.2, -0.15) is 5.10 Å². The van der Waals surface area contributed by atoms with Crippen LogP contribution in [0.15, 0.2) is 53.6 Å². The second-order valence-electron chi connectivity index (χ2n) is 5.62. The maximum Gasteiger partial charge on any atom is 0.224 e. The molecule has 1 aromatic heterocycles. The number of fused-ring (bicyclic) bond motifs is 1. The molecule has 0 aliphatic heterocycles. The molecule has 5 nitrogen and oxygen atoms in total. The minimum atomic E-state index is 0.729. The molecule has 0 spiro atoms. The van der Waals surface area contributed by atoms with Crippen molar-refractivity contribution in [3.05, 3.63) is 54.1 Å². The van der Waals surface area contributed by atoms with E-state index in [1.54, 1.807) is 0 Å². The van der Waals surface area contributed by atoms with Gasteiger partial charge in [0.2, 0.25) is 5.95 Å². The first-order valence-electron chi connectivity index (χ1n) is 8.28. The van der Waals surface area contributed by atoms with Crippen molar-refractivity contribution >= 4 is 28.9 Å². The monoisotopic (exact) mass is 321 g/mol. The lowest BCUT2D eigenvalue weighted by atomic mass is 10.2. The van der Waals surface area contributed by atoms with Gasteiger partial charge in [-0.25, -0.2) is 10.4 Å². The molecule has 0 saturated carbocycles. The predicted octanol–water partition coefficient (Wildman–Crippen LogP) is 3.87. The smallest absolute Gasteiger partial charge is 0.224 e. The maximum absolute atomic E-state index is 4.53. The summed E-state index contributed by atoms with van der Waals surface area (Å²) in [5, 5.41) is 4.31. The topological polar surface area (TPSA) is 45.4 Å². The van der Waals surface area contributed by atoms with Crippen molar-refractivity contribution in [2.24, 2.45) is 12.1 Å². The first-order valence-corrected chi connectivity index (χ1v) is 8.28. The lowest BCUT2D eigenvalue weighted by Gasteiger charge is -2.20. The number of anilines is 2. The van der Waals surface area contributed by atoms with Crippen molar-refractivity contribution in [2.75, 3.05) is 23.4 Å². The average molecular weight is 321 g/mol. The molecule has 0 aliphatic rings. The summed E-state index contributed by atoms with van der Waals surface area (Å²) in [5.41, 5.74) is 7.35. The molecule has 124 valence electrons. The van der Waals surface area contributed by atoms with Crippen LogP contribution in [0.4, 0.5) is 11.6 Å². The van der Waals surface area contributed by atoms with Gasteiger partial charge in [0.15, 0.2) is 0 Å². The predicted molar refractivity (Wildman–Crippen MR) is 102 cm³/mol. The highest BCUT2D eigenvalue weighted by Gasteiger charge is 2.05. The molecule has 0 unspecified atom stereocenters. The van der Waals surface area contributed by atoms with Crippen molar-refractivity contribution in [1.29, 1.82) is 0 Å². The van der Waals surface area contributed by atoms with Crippen molar-refractivity contribution < 1.29 is 0 Å². The van der Waals surface area contributed by atoms with Gasteiger partial charge in [-0.05, 0) is 43.7 Å². The molecule has 3 rings (SSSR count). The number of para-hydroxylation sites is 2. The molecule has 0 saturated heterocycles. The third kappa shape index (κ3) is 3.25. The van der Waals surface area contributed by atoms with Gasteiger partial charge in [0.25, 0.3) is 0 Å². The summed E-state index contributed by atoms with van der Waals surface area (Å²) in [4.78, 5) is 6.85. The number of hydrazone groups is 1. The lowest BCUT2D eigenvalue weighted by Crippen LogP contribution is -2.21. The standard InChI is InChI=1S/C19H23N5/c1-4-24(5-2)16-12-10-15(11-13-16)14-20-22-19-21-17-8-6-7-9-18(17)23(19)3/h6-14H,4-5H2,1-3H3,(H,21,22)/b20-14+. The number of rotatable bonds is 6. The zero-order valence-electron chi connectivity index (χ0n) is 14.4. The highest BCUT2D eigenvalue weighted by atomic mass is 15.4. The molecule has 0 fully saturated rings. The number of hydrogen-bond acceptors (Lipinski definition) is 4. The Hall–Kier alpha value is -2.82. The molecule has 3 aromatic rings. The summed E-state index contributed by atoms with van der Waals surface area (Å²) in [5.74, 6) is 0.729. The number of nitrogens with zero attached hydrogens (tertiary/aromatic N) is 4. The largest absolute Gasteiger partial charge is 0.372 e. The fourth-order valence-electron chi connectivity index (χ4n) is 2.77. The molecule has 24 heavy (non-hydrogen) atoms. The highest BCUT2D eigenvalue weighted by Crippen LogP contribution is 2.17. The summed E-state index contributed by atoms with van der Waals surface area (Å²) >= 11 is 0. The molecular formula is C19H23N5. The molecular weight excluding hydrogens is 298 g/mol. The average Bonchev–Trinajstić information content (AvgIpc) is 2.94. The SMILES string of the molecule is CCN(CC)c1ccc(/C=N/Nc2nc3ccccc3n2C)cc1. The van der Waals surface area contributed by atoms with Crippen LogP contribution in [0.3, 0.4) is 0 Å². The number of aromatic nitrogens is 2. The minimum absolute atomic E-state index is 0.729. The van der Waals surface area contributed by atoms with Crippen LogP contribution in [-0.4, -0.2) is 28.9 Å². The van der Waals surface area contributed by atoms with Crippen LogP contribution in [-0.2, 0) is 7.05 Å². The number of hydrogen-bond donors (Lipinski definition) is 1. The fraction of sp³-hybridized carbons (Fsp3) is 0.263. The molecule has 2 aromatic carbocycles. The quantitative estimate of drug-likeness (QED) is 0.554. The normalized spacial score (nSPS) is 11.3. The molecule has 5 heteroatoms. The van der Waals surface area contributed by atoms with Gasteiger partial charge in [0, 0.05) is 25.8 Å². The Morgan fingerprint density at radius 2 is 1.79 bits per heavy atom. The number of imidazole rings is 1. The minimum Gasteiger partial charge on any atom is -0.372 e. The second-order valence-corrected chi connectivity index (χ2v) is 5.62. The molecule has 0 bridgehead atoms. The molecule has 0 amide bonds. The van der Waals surface area contributed by atoms with Gasteiger partial charge in [0.05, 0.1) is 17.2 Å². The summed E-state index contributed by atoms with van der Waals surface area (Å²) in [6.45, 7) is 6.36. The van der Waals surface area contributed by atoms with Crippen molar-refractivity contribution in [3.8, 4) is 0 Å².